The van der Waals surface area contributed by atoms with E-state index in [9.17, 15) is 69.9 Å². The summed E-state index contributed by atoms with van der Waals surface area (Å²) < 4.78 is 94.8. The van der Waals surface area contributed by atoms with Crippen molar-refractivity contribution in [1.82, 2.24) is 31.5 Å². The second-order valence-corrected chi connectivity index (χ2v) is 34.8. The third kappa shape index (κ3) is 25.5. The number of nitrogens with zero attached hydrogens (tertiary/aromatic N) is 2. The van der Waals surface area contributed by atoms with Gasteiger partial charge in [0.15, 0.2) is 31.2 Å². The Kier molecular flexibility index (Phi) is 32.7. The summed E-state index contributed by atoms with van der Waals surface area (Å²) in [4.78, 5) is 137. The highest BCUT2D eigenvalue weighted by Crippen LogP contribution is 2.49. The van der Waals surface area contributed by atoms with Gasteiger partial charge in [0.05, 0.1) is 65.8 Å². The molecule has 4 bridgehead atoms. The summed E-state index contributed by atoms with van der Waals surface area (Å²) in [6.07, 6.45) is 0.887. The van der Waals surface area contributed by atoms with Crippen molar-refractivity contribution in [3.63, 3.8) is 0 Å². The number of aryl methyl sites for hydroxylation is 2. The number of carbonyl (C=O) groups is 10. The first-order chi connectivity index (χ1) is 55.3. The van der Waals surface area contributed by atoms with Gasteiger partial charge in [0.25, 0.3) is 5.91 Å². The molecule has 2 saturated heterocycles. The number of sulfone groups is 2. The van der Waals surface area contributed by atoms with Crippen LogP contribution in [0.1, 0.15) is 136 Å². The van der Waals surface area contributed by atoms with E-state index in [1.807, 2.05) is 13.0 Å². The third-order valence-corrected chi connectivity index (χ3v) is 24.9. The number of ether oxygens (including phenoxy) is 7. The number of fused-ring (bicyclic) bond motifs is 5. The van der Waals surface area contributed by atoms with Crippen molar-refractivity contribution < 1.29 is 103 Å². The minimum atomic E-state index is -4.13. The molecule has 634 valence electrons. The molecule has 2 unspecified atom stereocenters. The number of allylic oxidation sites excluding steroid dienone is 3. The van der Waals surface area contributed by atoms with Crippen molar-refractivity contribution in [3.05, 3.63) is 171 Å². The van der Waals surface area contributed by atoms with Crippen LogP contribution in [0.2, 0.25) is 5.02 Å². The van der Waals surface area contributed by atoms with Crippen LogP contribution in [0, 0.1) is 31.6 Å². The number of rotatable bonds is 34. The Morgan fingerprint density at radius 1 is 0.769 bits per heavy atom. The molecule has 0 saturated carbocycles. The molecular formula is C84H107ClN8O22S2. The summed E-state index contributed by atoms with van der Waals surface area (Å²) in [5.74, 6) is -8.36. The van der Waals surface area contributed by atoms with E-state index in [2.05, 4.69) is 31.9 Å². The number of methoxy groups -OCH3 is 2. The molecule has 117 heavy (non-hydrogen) atoms. The van der Waals surface area contributed by atoms with Crippen molar-refractivity contribution >= 4 is 102 Å². The van der Waals surface area contributed by atoms with Crippen molar-refractivity contribution in [2.75, 3.05) is 76.3 Å². The van der Waals surface area contributed by atoms with Crippen molar-refractivity contribution in [2.24, 2.45) is 17.8 Å². The van der Waals surface area contributed by atoms with Gasteiger partial charge in [0, 0.05) is 76.3 Å². The van der Waals surface area contributed by atoms with E-state index >= 15 is 0 Å². The van der Waals surface area contributed by atoms with Crippen LogP contribution in [0.15, 0.2) is 143 Å². The number of anilines is 2. The topological polar surface area (TPSA) is 406 Å². The second-order valence-electron chi connectivity index (χ2n) is 30.4. The third-order valence-electron chi connectivity index (χ3n) is 20.9. The molecule has 0 radical (unpaired) electrons. The molecule has 3 aliphatic heterocycles. The van der Waals surface area contributed by atoms with Crippen molar-refractivity contribution in [3.8, 4) is 5.75 Å². The molecule has 33 heteroatoms. The maximum Gasteiger partial charge on any atom is 0.409 e. The minimum absolute atomic E-state index is 0.00422. The first kappa shape index (κ1) is 92.4. The first-order valence-corrected chi connectivity index (χ1v) is 42.3. The molecular weight excluding hydrogens is 1570 g/mol. The average Bonchev–Trinajstić information content (AvgIpc) is 1.57. The van der Waals surface area contributed by atoms with Crippen LogP contribution >= 0.6 is 11.6 Å². The van der Waals surface area contributed by atoms with E-state index in [1.165, 1.54) is 93.4 Å². The lowest BCUT2D eigenvalue weighted by Gasteiger charge is -2.42. The summed E-state index contributed by atoms with van der Waals surface area (Å²) in [5, 5.41) is 28.0. The van der Waals surface area contributed by atoms with E-state index < -0.39 is 157 Å². The second kappa shape index (κ2) is 41.3. The standard InChI is InChI=1S/C84H107ClN8O22S2/c1-50(2)74(90-70(94)37-40-111-41-39-86-78(99)60-29-27-59(28-30-60)75(97)61(48-116(105,106)63-33-21-51(3)22-34-63)49-117(107,108)64-35-23-52(4)24-36-64)79(100)88-55(7)77(98)89-62-31-25-57(26-32-62)47-112-81(102)87-38-16-14-15-20-71(95)92(10)56(8)80(101)114-69-45-72(96)93(11)65-43-58(44-66(109-12)73(65)85)42-53(5)18-17-19-68(110-13)84(104)46-67(113-82(103)91-84)54(6)76-83(69,9)115-76/h17-19,21-36,43-44,50,54-56,61,67-69,74,76,104H,14-16,20,37-42,45-49H2,1-13H3,(H,86,99)(H,87,102)(H,88,100)(H,89,98)(H,90,94)(H,91,103)/b19-17+,53-18+/t54-,55-,56-,67?,68+,69-,74-,76?,83-,84-/m0/s1. The van der Waals surface area contributed by atoms with Gasteiger partial charge in [-0.2, -0.15) is 0 Å². The van der Waals surface area contributed by atoms with Gasteiger partial charge in [-0.1, -0.05) is 122 Å². The van der Waals surface area contributed by atoms with Crippen LogP contribution in [-0.4, -0.2) is 206 Å². The van der Waals surface area contributed by atoms with Crippen LogP contribution in [0.25, 0.3) is 0 Å². The fraction of sp³-hybridized carbons (Fsp3) is 0.476. The Hall–Kier alpha value is -10.1. The number of benzene rings is 5. The van der Waals surface area contributed by atoms with Gasteiger partial charge in [-0.25, -0.2) is 31.2 Å². The molecule has 0 spiro atoms. The van der Waals surface area contributed by atoms with E-state index in [1.54, 1.807) is 121 Å². The number of epoxide rings is 1. The monoisotopic (exact) mass is 1680 g/mol. The first-order valence-electron chi connectivity index (χ1n) is 38.6. The number of alkyl carbamates (subject to hydrolysis) is 2. The van der Waals surface area contributed by atoms with Gasteiger partial charge in [0.1, 0.15) is 59.4 Å². The molecule has 3 aliphatic rings. The van der Waals surface area contributed by atoms with Crippen LogP contribution in [0.5, 0.6) is 5.75 Å². The summed E-state index contributed by atoms with van der Waals surface area (Å²) in [5.41, 5.74) is 1.50. The molecule has 0 aromatic heterocycles. The zero-order valence-corrected chi connectivity index (χ0v) is 70.5. The fourth-order valence-corrected chi connectivity index (χ4v) is 17.0. The number of amides is 8. The summed E-state index contributed by atoms with van der Waals surface area (Å²) in [7, 11) is -2.38. The smallest absolute Gasteiger partial charge is 0.409 e. The molecule has 30 nitrogen and oxygen atoms in total. The van der Waals surface area contributed by atoms with Crippen LogP contribution < -0.4 is 41.5 Å². The number of halogens is 1. The molecule has 8 amide bonds. The fourth-order valence-electron chi connectivity index (χ4n) is 13.5. The number of Topliss-reactive ketones (excluding diaryl/α,β-unsaturated/α-hetero) is 1. The normalized spacial score (nSPS) is 21.1. The average molecular weight is 1680 g/mol. The number of hydrogen-bond acceptors (Lipinski definition) is 22. The Morgan fingerprint density at radius 3 is 2.00 bits per heavy atom. The maximum atomic E-state index is 14.4. The highest BCUT2D eigenvalue weighted by atomic mass is 35.5. The highest BCUT2D eigenvalue weighted by molar-refractivity contribution is 7.92. The number of carbonyl (C=O) groups excluding carboxylic acids is 10. The lowest BCUT2D eigenvalue weighted by atomic mass is 9.83. The molecule has 2 fully saturated rings. The summed E-state index contributed by atoms with van der Waals surface area (Å²) in [6.45, 7) is 15.4. The number of likely N-dealkylation sites (N-methyl/N-ethyl adjacent to an activating group) is 1. The van der Waals surface area contributed by atoms with Gasteiger partial charge in [-0.15, -0.1) is 0 Å². The predicted octanol–water partition coefficient (Wildman–Crippen LogP) is 8.79. The zero-order chi connectivity index (χ0) is 85.9. The lowest BCUT2D eigenvalue weighted by molar-refractivity contribution is -0.162. The van der Waals surface area contributed by atoms with Crippen molar-refractivity contribution in [2.45, 2.75) is 184 Å². The number of nitrogens with one attached hydrogen (secondary N) is 6. The Bertz CT molecular complexity index is 4620. The molecule has 5 aromatic carbocycles. The number of hydrogen-bond donors (Lipinski definition) is 7. The molecule has 0 aliphatic carbocycles. The molecule has 5 aromatic rings. The van der Waals surface area contributed by atoms with E-state index in [0.717, 1.165) is 22.3 Å². The molecule has 7 N–H and O–H groups in total. The summed E-state index contributed by atoms with van der Waals surface area (Å²) >= 11 is 6.84. The predicted molar refractivity (Wildman–Crippen MR) is 436 cm³/mol. The molecule has 10 atom stereocenters. The Balaban J connectivity index is 0.718. The lowest BCUT2D eigenvalue weighted by Crippen LogP contribution is -2.63. The highest BCUT2D eigenvalue weighted by Gasteiger charge is 2.64. The number of ketones is 1. The summed E-state index contributed by atoms with van der Waals surface area (Å²) in [6, 6.07) is 24.2. The van der Waals surface area contributed by atoms with Gasteiger partial charge in [0.2, 0.25) is 29.5 Å². The number of unbranched alkanes of at least 4 members (excludes halogenated alkanes) is 2. The number of aliphatic hydroxyl groups is 1. The Morgan fingerprint density at radius 2 is 1.39 bits per heavy atom. The van der Waals surface area contributed by atoms with Gasteiger partial charge < -0.3 is 74.6 Å². The zero-order valence-electron chi connectivity index (χ0n) is 68.1. The van der Waals surface area contributed by atoms with Gasteiger partial charge in [-0.3, -0.25) is 38.9 Å². The minimum Gasteiger partial charge on any atom is -0.495 e. The number of esters is 1. The maximum absolute atomic E-state index is 14.4. The molecule has 3 heterocycles. The van der Waals surface area contributed by atoms with Crippen LogP contribution in [0.3, 0.4) is 0 Å². The van der Waals surface area contributed by atoms with Crippen LogP contribution in [0.4, 0.5) is 21.0 Å². The van der Waals surface area contributed by atoms with E-state index in [0.29, 0.717) is 48.4 Å². The van der Waals surface area contributed by atoms with Crippen molar-refractivity contribution in [1.29, 1.82) is 0 Å². The van der Waals surface area contributed by atoms with Gasteiger partial charge >= 0.3 is 18.2 Å². The van der Waals surface area contributed by atoms with Crippen LogP contribution in [-0.2, 0) is 89.9 Å². The van der Waals surface area contributed by atoms with E-state index in [4.69, 9.17) is 44.8 Å². The molecule has 8 rings (SSSR count). The van der Waals surface area contributed by atoms with E-state index in [-0.39, 0.29) is 89.9 Å². The van der Waals surface area contributed by atoms with Gasteiger partial charge in [-0.05, 0) is 139 Å². The Labute approximate surface area is 688 Å². The SMILES string of the molecule is COc1cc2cc(c1Cl)N(C)C(=O)C[C@H](OC(=O)[C@H](C)N(C)C(=O)CCCCCNC(=O)OCc1ccc(NC(=O)[C@H](C)NC(=O)[C@@H](NC(=O)CCOCCNC(=O)c3ccc(C(=O)C(CS(=O)(=O)c4ccc(C)cc4)CS(=O)(=O)c4ccc(C)cc4)cc3)C(C)C)cc1)[C@]1(C)OC1[C@@H](C)C1C[C@@](O)(NC(=O)O1)[C@H](OC)/C=C/C=C(\C)C2. The quantitative estimate of drug-likeness (QED) is 0.00664. The largest absolute Gasteiger partial charge is 0.495 e.